The van der Waals surface area contributed by atoms with E-state index in [1.807, 2.05) is 29.6 Å². The van der Waals surface area contributed by atoms with Gasteiger partial charge in [-0.1, -0.05) is 51.2 Å². The molecule has 1 aromatic heterocycles. The minimum atomic E-state index is -0.929. The number of hydrogen-bond acceptors (Lipinski definition) is 5. The summed E-state index contributed by atoms with van der Waals surface area (Å²) in [5.41, 5.74) is 2.93. The van der Waals surface area contributed by atoms with E-state index in [0.29, 0.717) is 0 Å². The zero-order valence-electron chi connectivity index (χ0n) is 17.3. The summed E-state index contributed by atoms with van der Waals surface area (Å²) in [4.78, 5) is 15.6. The first-order valence-corrected chi connectivity index (χ1v) is 11.3. The smallest absolute Gasteiger partial charge is 0.335 e. The molecule has 0 aliphatic carbocycles. The largest absolute Gasteiger partial charge is 0.494 e. The molecule has 158 valence electrons. The van der Waals surface area contributed by atoms with Crippen molar-refractivity contribution < 1.29 is 14.6 Å². The van der Waals surface area contributed by atoms with E-state index in [4.69, 9.17) is 9.84 Å². The van der Waals surface area contributed by atoms with Crippen molar-refractivity contribution >= 4 is 28.1 Å². The van der Waals surface area contributed by atoms with Gasteiger partial charge in [0.25, 0.3) is 0 Å². The Hall–Kier alpha value is -2.86. The maximum atomic E-state index is 11.0. The molecular formula is C24H28N2O3S. The van der Waals surface area contributed by atoms with E-state index in [2.05, 4.69) is 17.2 Å². The molecule has 0 aliphatic heterocycles. The van der Waals surface area contributed by atoms with E-state index < -0.39 is 5.97 Å². The van der Waals surface area contributed by atoms with Crippen LogP contribution >= 0.6 is 11.3 Å². The molecule has 0 aliphatic rings. The Bertz CT molecular complexity index is 920. The lowest BCUT2D eigenvalue weighted by Gasteiger charge is -2.08. The number of anilines is 2. The fourth-order valence-corrected chi connectivity index (χ4v) is 3.82. The number of benzene rings is 2. The molecule has 0 fully saturated rings. The Balaban J connectivity index is 1.47. The number of thiazole rings is 1. The highest BCUT2D eigenvalue weighted by atomic mass is 32.1. The van der Waals surface area contributed by atoms with E-state index in [1.165, 1.54) is 43.4 Å². The van der Waals surface area contributed by atoms with Crippen molar-refractivity contribution in [1.82, 2.24) is 4.98 Å². The lowest BCUT2D eigenvalue weighted by molar-refractivity contribution is 0.0697. The number of hydrogen-bond donors (Lipinski definition) is 2. The molecule has 30 heavy (non-hydrogen) atoms. The number of nitrogens with one attached hydrogen (secondary N) is 1. The molecule has 0 unspecified atom stereocenters. The average Bonchev–Trinajstić information content (AvgIpc) is 3.23. The molecule has 0 amide bonds. The van der Waals surface area contributed by atoms with Crippen molar-refractivity contribution in [2.75, 3.05) is 11.9 Å². The first kappa shape index (κ1) is 21.8. The monoisotopic (exact) mass is 424 g/mol. The highest BCUT2D eigenvalue weighted by Gasteiger charge is 2.07. The van der Waals surface area contributed by atoms with Crippen molar-refractivity contribution in [3.05, 3.63) is 59.5 Å². The van der Waals surface area contributed by atoms with E-state index in [1.54, 1.807) is 24.3 Å². The van der Waals surface area contributed by atoms with Crippen LogP contribution in [0.3, 0.4) is 0 Å². The third kappa shape index (κ3) is 6.59. The molecule has 5 nitrogen and oxygen atoms in total. The molecule has 0 saturated carbocycles. The summed E-state index contributed by atoms with van der Waals surface area (Å²) in [6.07, 6.45) is 7.54. The Kier molecular flexibility index (Phi) is 8.27. The second-order valence-electron chi connectivity index (χ2n) is 7.19. The van der Waals surface area contributed by atoms with E-state index >= 15 is 0 Å². The predicted molar refractivity (Wildman–Crippen MR) is 123 cm³/mol. The Morgan fingerprint density at radius 2 is 1.70 bits per heavy atom. The van der Waals surface area contributed by atoms with Crippen molar-refractivity contribution in [1.29, 1.82) is 0 Å². The number of carboxylic acid groups (broad SMARTS) is 1. The summed E-state index contributed by atoms with van der Waals surface area (Å²) >= 11 is 1.51. The van der Waals surface area contributed by atoms with Crippen LogP contribution in [0.5, 0.6) is 5.75 Å². The van der Waals surface area contributed by atoms with Crippen LogP contribution in [0.15, 0.2) is 53.9 Å². The summed E-state index contributed by atoms with van der Waals surface area (Å²) in [5, 5.41) is 15.0. The summed E-state index contributed by atoms with van der Waals surface area (Å²) in [7, 11) is 0. The number of carbonyl (C=O) groups is 1. The Labute approximate surface area is 181 Å². The van der Waals surface area contributed by atoms with Gasteiger partial charge in [0, 0.05) is 16.6 Å². The zero-order chi connectivity index (χ0) is 21.2. The third-order valence-electron chi connectivity index (χ3n) is 4.80. The van der Waals surface area contributed by atoms with Gasteiger partial charge >= 0.3 is 5.97 Å². The first-order valence-electron chi connectivity index (χ1n) is 10.4. The number of nitrogens with zero attached hydrogens (tertiary/aromatic N) is 1. The molecular weight excluding hydrogens is 396 g/mol. The predicted octanol–water partition coefficient (Wildman–Crippen LogP) is 6.99. The number of carboxylic acids is 1. The molecule has 0 bridgehead atoms. The van der Waals surface area contributed by atoms with Crippen LogP contribution in [0, 0.1) is 0 Å². The SMILES string of the molecule is CCCCCCCCOc1ccc(Nc2nc(-c3ccc(C(=O)O)cc3)cs2)cc1. The normalized spacial score (nSPS) is 10.7. The fraction of sp³-hybridized carbons (Fsp3) is 0.333. The topological polar surface area (TPSA) is 71.5 Å². The lowest BCUT2D eigenvalue weighted by Crippen LogP contribution is -1.97. The van der Waals surface area contributed by atoms with Gasteiger partial charge in [-0.2, -0.15) is 0 Å². The number of rotatable bonds is 12. The van der Waals surface area contributed by atoms with Crippen molar-refractivity contribution in [3.8, 4) is 17.0 Å². The van der Waals surface area contributed by atoms with E-state index in [9.17, 15) is 4.79 Å². The molecule has 6 heteroatoms. The van der Waals surface area contributed by atoms with Crippen molar-refractivity contribution in [2.24, 2.45) is 0 Å². The lowest BCUT2D eigenvalue weighted by atomic mass is 10.1. The minimum absolute atomic E-state index is 0.270. The van der Waals surface area contributed by atoms with Crippen LogP contribution in [0.25, 0.3) is 11.3 Å². The number of aromatic nitrogens is 1. The van der Waals surface area contributed by atoms with Crippen LogP contribution in [-0.2, 0) is 0 Å². The van der Waals surface area contributed by atoms with Gasteiger partial charge in [-0.3, -0.25) is 0 Å². The molecule has 0 atom stereocenters. The second-order valence-corrected chi connectivity index (χ2v) is 8.04. The van der Waals surface area contributed by atoms with Crippen LogP contribution in [0.1, 0.15) is 55.8 Å². The van der Waals surface area contributed by atoms with Crippen molar-refractivity contribution in [2.45, 2.75) is 45.4 Å². The minimum Gasteiger partial charge on any atom is -0.494 e. The Morgan fingerprint density at radius 3 is 2.40 bits per heavy atom. The Morgan fingerprint density at radius 1 is 1.00 bits per heavy atom. The van der Waals surface area contributed by atoms with Gasteiger partial charge < -0.3 is 15.2 Å². The standard InChI is InChI=1S/C24H28N2O3S/c1-2-3-4-5-6-7-16-29-21-14-12-20(13-15-21)25-24-26-22(17-30-24)18-8-10-19(11-9-18)23(27)28/h8-15,17H,2-7,16H2,1H3,(H,25,26)(H,27,28). The van der Waals surface area contributed by atoms with Gasteiger partial charge in [0.2, 0.25) is 0 Å². The van der Waals surface area contributed by atoms with Gasteiger partial charge in [0.05, 0.1) is 17.9 Å². The van der Waals surface area contributed by atoms with Gasteiger partial charge in [-0.05, 0) is 42.8 Å². The van der Waals surface area contributed by atoms with Crippen molar-refractivity contribution in [3.63, 3.8) is 0 Å². The molecule has 3 aromatic rings. The molecule has 2 aromatic carbocycles. The second kappa shape index (κ2) is 11.4. The highest BCUT2D eigenvalue weighted by Crippen LogP contribution is 2.28. The molecule has 0 spiro atoms. The molecule has 1 heterocycles. The van der Waals surface area contributed by atoms with Gasteiger partial charge in [-0.15, -0.1) is 11.3 Å². The van der Waals surface area contributed by atoms with E-state index in [0.717, 1.165) is 40.9 Å². The first-order chi connectivity index (χ1) is 14.7. The molecule has 3 rings (SSSR count). The van der Waals surface area contributed by atoms with Crippen LogP contribution in [-0.4, -0.2) is 22.7 Å². The highest BCUT2D eigenvalue weighted by molar-refractivity contribution is 7.14. The van der Waals surface area contributed by atoms with Gasteiger partial charge in [0.1, 0.15) is 5.75 Å². The summed E-state index contributed by atoms with van der Waals surface area (Å²) < 4.78 is 5.82. The molecule has 0 radical (unpaired) electrons. The molecule has 0 saturated heterocycles. The average molecular weight is 425 g/mol. The number of ether oxygens (including phenoxy) is 1. The van der Waals surface area contributed by atoms with E-state index in [-0.39, 0.29) is 5.56 Å². The number of unbranched alkanes of at least 4 members (excludes halogenated alkanes) is 5. The third-order valence-corrected chi connectivity index (χ3v) is 5.56. The fourth-order valence-electron chi connectivity index (χ4n) is 3.08. The maximum absolute atomic E-state index is 11.0. The zero-order valence-corrected chi connectivity index (χ0v) is 18.1. The summed E-state index contributed by atoms with van der Waals surface area (Å²) in [6, 6.07) is 14.6. The van der Waals surface area contributed by atoms with Crippen LogP contribution in [0.4, 0.5) is 10.8 Å². The van der Waals surface area contributed by atoms with Gasteiger partial charge in [0.15, 0.2) is 5.13 Å². The van der Waals surface area contributed by atoms with Crippen LogP contribution in [0.2, 0.25) is 0 Å². The molecule has 2 N–H and O–H groups in total. The summed E-state index contributed by atoms with van der Waals surface area (Å²) in [5.74, 6) is -0.0472. The quantitative estimate of drug-likeness (QED) is 0.307. The summed E-state index contributed by atoms with van der Waals surface area (Å²) in [6.45, 7) is 2.99. The van der Waals surface area contributed by atoms with Crippen LogP contribution < -0.4 is 10.1 Å². The maximum Gasteiger partial charge on any atom is 0.335 e. The number of aromatic carboxylic acids is 1. The van der Waals surface area contributed by atoms with Gasteiger partial charge in [-0.25, -0.2) is 9.78 Å².